The maximum atomic E-state index is 12.8. The Labute approximate surface area is 118 Å². The predicted octanol–water partition coefficient (Wildman–Crippen LogP) is 3.45. The Morgan fingerprint density at radius 1 is 1.63 bits per heavy atom. The van der Waals surface area contributed by atoms with E-state index in [2.05, 4.69) is 32.8 Å². The molecule has 0 amide bonds. The van der Waals surface area contributed by atoms with E-state index in [4.69, 9.17) is 0 Å². The molecule has 1 aliphatic rings. The molecular weight excluding hydrogens is 318 g/mol. The fourth-order valence-electron chi connectivity index (χ4n) is 2.21. The number of rotatable bonds is 4. The second-order valence-corrected chi connectivity index (χ2v) is 6.04. The van der Waals surface area contributed by atoms with E-state index in [9.17, 15) is 13.9 Å². The summed E-state index contributed by atoms with van der Waals surface area (Å²) in [5, 5.41) is 12.7. The van der Waals surface area contributed by atoms with Gasteiger partial charge in [-0.15, -0.1) is 0 Å². The van der Waals surface area contributed by atoms with Crippen LogP contribution >= 0.6 is 15.9 Å². The molecule has 0 spiro atoms. The Balaban J connectivity index is 2.18. The van der Waals surface area contributed by atoms with Crippen LogP contribution in [0.25, 0.3) is 5.57 Å². The van der Waals surface area contributed by atoms with Crippen LogP contribution in [0, 0.1) is 0 Å². The van der Waals surface area contributed by atoms with Crippen molar-refractivity contribution < 1.29 is 13.9 Å². The number of aromatic nitrogens is 1. The van der Waals surface area contributed by atoms with E-state index in [-0.39, 0.29) is 11.6 Å². The first-order valence-corrected chi connectivity index (χ1v) is 6.69. The molecule has 104 valence electrons. The minimum atomic E-state index is -2.62. The van der Waals surface area contributed by atoms with E-state index >= 15 is 0 Å². The molecule has 1 heterocycles. The molecule has 0 unspecified atom stereocenters. The van der Waals surface area contributed by atoms with Crippen LogP contribution in [-0.2, 0) is 0 Å². The maximum Gasteiger partial charge on any atom is 0.263 e. The standard InChI is InChI=1S/C13H15BrF2N2O/c1-7(11(15)16)10-3-8(14)6-17-12(10)18-9-4-13(2,19)5-9/h3,6,9,11,19H,1,4-5H2,2H3,(H,17,18). The number of hydrogen-bond acceptors (Lipinski definition) is 3. The highest BCUT2D eigenvalue weighted by Crippen LogP contribution is 2.35. The fraction of sp³-hybridized carbons (Fsp3) is 0.462. The molecule has 0 bridgehead atoms. The molecule has 1 fully saturated rings. The zero-order valence-electron chi connectivity index (χ0n) is 10.5. The monoisotopic (exact) mass is 332 g/mol. The van der Waals surface area contributed by atoms with Crippen LogP contribution in [0.2, 0.25) is 0 Å². The Morgan fingerprint density at radius 3 is 2.79 bits per heavy atom. The SMILES string of the molecule is C=C(c1cc(Br)cnc1NC1CC(C)(O)C1)C(F)F. The third-order valence-corrected chi connectivity index (χ3v) is 3.61. The van der Waals surface area contributed by atoms with Gasteiger partial charge in [0.15, 0.2) is 0 Å². The molecule has 0 saturated heterocycles. The van der Waals surface area contributed by atoms with E-state index in [1.54, 1.807) is 19.2 Å². The van der Waals surface area contributed by atoms with E-state index in [0.717, 1.165) is 0 Å². The highest BCUT2D eigenvalue weighted by atomic mass is 79.9. The van der Waals surface area contributed by atoms with Gasteiger partial charge in [-0.2, -0.15) is 0 Å². The first-order chi connectivity index (χ1) is 8.78. The van der Waals surface area contributed by atoms with Crippen LogP contribution in [0.4, 0.5) is 14.6 Å². The first-order valence-electron chi connectivity index (χ1n) is 5.90. The summed E-state index contributed by atoms with van der Waals surface area (Å²) < 4.78 is 26.2. The molecule has 0 radical (unpaired) electrons. The lowest BCUT2D eigenvalue weighted by Gasteiger charge is -2.41. The highest BCUT2D eigenvalue weighted by Gasteiger charge is 2.38. The Bertz CT molecular complexity index is 497. The molecule has 2 N–H and O–H groups in total. The molecule has 1 saturated carbocycles. The number of aliphatic hydroxyl groups is 1. The van der Waals surface area contributed by atoms with Crippen molar-refractivity contribution in [2.45, 2.75) is 37.8 Å². The zero-order chi connectivity index (χ0) is 14.2. The van der Waals surface area contributed by atoms with Gasteiger partial charge in [-0.1, -0.05) is 6.58 Å². The van der Waals surface area contributed by atoms with E-state index in [1.165, 1.54) is 0 Å². The van der Waals surface area contributed by atoms with Crippen molar-refractivity contribution in [1.29, 1.82) is 0 Å². The number of nitrogens with one attached hydrogen (secondary N) is 1. The molecule has 0 atom stereocenters. The van der Waals surface area contributed by atoms with Gasteiger partial charge in [0.25, 0.3) is 6.43 Å². The van der Waals surface area contributed by atoms with Crippen LogP contribution in [0.5, 0.6) is 0 Å². The smallest absolute Gasteiger partial charge is 0.263 e. The summed E-state index contributed by atoms with van der Waals surface area (Å²) in [6.07, 6.45) is 0.0686. The van der Waals surface area contributed by atoms with Gasteiger partial charge >= 0.3 is 0 Å². The van der Waals surface area contributed by atoms with Crippen LogP contribution < -0.4 is 5.32 Å². The van der Waals surface area contributed by atoms with Crippen molar-refractivity contribution >= 4 is 27.3 Å². The molecule has 2 rings (SSSR count). The lowest BCUT2D eigenvalue weighted by molar-refractivity contribution is -0.0235. The van der Waals surface area contributed by atoms with Gasteiger partial charge in [0, 0.05) is 27.8 Å². The van der Waals surface area contributed by atoms with Gasteiger partial charge in [-0.05, 0) is 41.8 Å². The second-order valence-electron chi connectivity index (χ2n) is 5.12. The summed E-state index contributed by atoms with van der Waals surface area (Å²) >= 11 is 3.21. The van der Waals surface area contributed by atoms with Gasteiger partial charge in [0.2, 0.25) is 0 Å². The molecule has 0 aromatic carbocycles. The topological polar surface area (TPSA) is 45.2 Å². The second kappa shape index (κ2) is 5.17. The molecule has 1 aromatic heterocycles. The lowest BCUT2D eigenvalue weighted by Crippen LogP contribution is -2.48. The summed E-state index contributed by atoms with van der Waals surface area (Å²) in [6, 6.07) is 1.62. The minimum Gasteiger partial charge on any atom is -0.390 e. The molecule has 3 nitrogen and oxygen atoms in total. The van der Waals surface area contributed by atoms with Crippen molar-refractivity contribution in [3.63, 3.8) is 0 Å². The van der Waals surface area contributed by atoms with E-state index < -0.39 is 12.0 Å². The number of allylic oxidation sites excluding steroid dienone is 1. The fourth-order valence-corrected chi connectivity index (χ4v) is 2.55. The minimum absolute atomic E-state index is 0.0490. The van der Waals surface area contributed by atoms with Gasteiger partial charge in [0.1, 0.15) is 5.82 Å². The summed E-state index contributed by atoms with van der Waals surface area (Å²) in [4.78, 5) is 4.12. The van der Waals surface area contributed by atoms with Crippen molar-refractivity contribution in [2.75, 3.05) is 5.32 Å². The van der Waals surface area contributed by atoms with Crippen LogP contribution in [0.3, 0.4) is 0 Å². The molecule has 6 heteroatoms. The van der Waals surface area contributed by atoms with Gasteiger partial charge in [0.05, 0.1) is 5.60 Å². The van der Waals surface area contributed by atoms with Gasteiger partial charge in [-0.25, -0.2) is 13.8 Å². The van der Waals surface area contributed by atoms with Crippen LogP contribution in [-0.4, -0.2) is 28.2 Å². The number of hydrogen-bond donors (Lipinski definition) is 2. The van der Waals surface area contributed by atoms with Crippen molar-refractivity contribution in [3.05, 3.63) is 28.9 Å². The largest absolute Gasteiger partial charge is 0.390 e. The molecule has 1 aliphatic carbocycles. The van der Waals surface area contributed by atoms with Crippen LogP contribution in [0.1, 0.15) is 25.3 Å². The number of alkyl halides is 2. The first kappa shape index (κ1) is 14.4. The highest BCUT2D eigenvalue weighted by molar-refractivity contribution is 9.10. The third kappa shape index (κ3) is 3.30. The van der Waals surface area contributed by atoms with Gasteiger partial charge < -0.3 is 10.4 Å². The quantitative estimate of drug-likeness (QED) is 0.887. The van der Waals surface area contributed by atoms with Crippen molar-refractivity contribution in [2.24, 2.45) is 0 Å². The Kier molecular flexibility index (Phi) is 3.92. The van der Waals surface area contributed by atoms with Crippen molar-refractivity contribution in [3.8, 4) is 0 Å². The zero-order valence-corrected chi connectivity index (χ0v) is 12.0. The maximum absolute atomic E-state index is 12.8. The Morgan fingerprint density at radius 2 is 2.26 bits per heavy atom. The van der Waals surface area contributed by atoms with E-state index in [1.807, 2.05) is 0 Å². The van der Waals surface area contributed by atoms with E-state index in [0.29, 0.717) is 28.7 Å². The molecule has 1 aromatic rings. The number of anilines is 1. The number of nitrogens with zero attached hydrogens (tertiary/aromatic N) is 1. The number of halogens is 3. The summed E-state index contributed by atoms with van der Waals surface area (Å²) in [7, 11) is 0. The predicted molar refractivity (Wildman–Crippen MR) is 74.2 cm³/mol. The molecular formula is C13H15BrF2N2O. The third-order valence-electron chi connectivity index (χ3n) is 3.18. The van der Waals surface area contributed by atoms with Gasteiger partial charge in [-0.3, -0.25) is 0 Å². The average Bonchev–Trinajstić information content (AvgIpc) is 2.27. The summed E-state index contributed by atoms with van der Waals surface area (Å²) in [5.74, 6) is 0.383. The average molecular weight is 333 g/mol. The van der Waals surface area contributed by atoms with Crippen molar-refractivity contribution in [1.82, 2.24) is 4.98 Å². The molecule has 0 aliphatic heterocycles. The lowest BCUT2D eigenvalue weighted by atomic mass is 9.77. The molecule has 19 heavy (non-hydrogen) atoms. The normalized spacial score (nSPS) is 26.1. The number of pyridine rings is 1. The summed E-state index contributed by atoms with van der Waals surface area (Å²) in [6.45, 7) is 5.15. The Hall–Kier alpha value is -1.01. The summed E-state index contributed by atoms with van der Waals surface area (Å²) in [5.41, 5.74) is -0.634. The van der Waals surface area contributed by atoms with Crippen LogP contribution in [0.15, 0.2) is 23.3 Å².